The van der Waals surface area contributed by atoms with Crippen molar-refractivity contribution in [3.05, 3.63) is 35.9 Å². The van der Waals surface area contributed by atoms with Crippen LogP contribution in [-0.4, -0.2) is 18.6 Å². The Morgan fingerprint density at radius 2 is 2.00 bits per heavy atom. The molecule has 0 saturated heterocycles. The van der Waals surface area contributed by atoms with Gasteiger partial charge in [0.05, 0.1) is 7.11 Å². The van der Waals surface area contributed by atoms with E-state index in [1.54, 1.807) is 31.2 Å². The summed E-state index contributed by atoms with van der Waals surface area (Å²) in [5.74, 6) is -1.03. The first-order valence-electron chi connectivity index (χ1n) is 4.83. The van der Waals surface area contributed by atoms with Crippen LogP contribution in [0.15, 0.2) is 30.3 Å². The SMILES string of the molecule is CCOC(c1ccccc1)P(=O)(O)OOC. The van der Waals surface area contributed by atoms with Crippen LogP contribution in [0.2, 0.25) is 0 Å². The molecule has 0 bridgehead atoms. The number of hydrogen-bond donors (Lipinski definition) is 1. The standard InChI is InChI=1S/C10H15O5P/c1-3-14-10(16(11,12)15-13-2)9-7-5-4-6-8-9/h4-8,10H,3H2,1-2H3,(H,11,12). The molecule has 0 spiro atoms. The van der Waals surface area contributed by atoms with Gasteiger partial charge in [-0.05, 0) is 12.5 Å². The van der Waals surface area contributed by atoms with Crippen molar-refractivity contribution >= 4 is 7.60 Å². The van der Waals surface area contributed by atoms with Gasteiger partial charge >= 0.3 is 7.60 Å². The van der Waals surface area contributed by atoms with Crippen LogP contribution in [0, 0.1) is 0 Å². The van der Waals surface area contributed by atoms with E-state index in [0.717, 1.165) is 0 Å². The van der Waals surface area contributed by atoms with Gasteiger partial charge < -0.3 is 9.63 Å². The van der Waals surface area contributed by atoms with Gasteiger partial charge in [-0.25, -0.2) is 4.89 Å². The molecule has 16 heavy (non-hydrogen) atoms. The molecule has 1 aromatic carbocycles. The zero-order chi connectivity index (χ0) is 12.0. The van der Waals surface area contributed by atoms with Crippen molar-refractivity contribution in [2.24, 2.45) is 0 Å². The van der Waals surface area contributed by atoms with Gasteiger partial charge in [0, 0.05) is 6.61 Å². The minimum absolute atomic E-state index is 0.303. The molecule has 5 nitrogen and oxygen atoms in total. The third-order valence-electron chi connectivity index (χ3n) is 1.89. The zero-order valence-electron chi connectivity index (χ0n) is 9.20. The Hall–Kier alpha value is -0.710. The van der Waals surface area contributed by atoms with Crippen LogP contribution in [0.1, 0.15) is 18.3 Å². The zero-order valence-corrected chi connectivity index (χ0v) is 10.1. The van der Waals surface area contributed by atoms with Crippen molar-refractivity contribution in [3.63, 3.8) is 0 Å². The fraction of sp³-hybridized carbons (Fsp3) is 0.400. The second kappa shape index (κ2) is 6.13. The van der Waals surface area contributed by atoms with Crippen molar-refractivity contribution in [2.45, 2.75) is 12.8 Å². The molecular formula is C10H15O5P. The van der Waals surface area contributed by atoms with E-state index in [0.29, 0.717) is 12.2 Å². The third-order valence-corrected chi connectivity index (χ3v) is 3.29. The van der Waals surface area contributed by atoms with E-state index >= 15 is 0 Å². The molecular weight excluding hydrogens is 231 g/mol. The van der Waals surface area contributed by atoms with Gasteiger partial charge in [-0.15, -0.1) is 4.67 Å². The molecule has 0 radical (unpaired) electrons. The van der Waals surface area contributed by atoms with E-state index in [1.807, 2.05) is 6.07 Å². The predicted molar refractivity (Wildman–Crippen MR) is 58.7 cm³/mol. The summed E-state index contributed by atoms with van der Waals surface area (Å²) >= 11 is 0. The summed E-state index contributed by atoms with van der Waals surface area (Å²) in [7, 11) is -2.81. The first-order chi connectivity index (χ1) is 7.61. The highest BCUT2D eigenvalue weighted by molar-refractivity contribution is 7.52. The molecule has 0 saturated carbocycles. The Labute approximate surface area is 94.4 Å². The summed E-state index contributed by atoms with van der Waals surface area (Å²) in [6.45, 7) is 2.04. The van der Waals surface area contributed by atoms with Gasteiger partial charge in [0.2, 0.25) is 0 Å². The van der Waals surface area contributed by atoms with E-state index in [9.17, 15) is 9.46 Å². The highest BCUT2D eigenvalue weighted by Gasteiger charge is 2.35. The molecule has 1 rings (SSSR count). The van der Waals surface area contributed by atoms with E-state index in [-0.39, 0.29) is 0 Å². The summed E-state index contributed by atoms with van der Waals surface area (Å²) in [5, 5.41) is 0. The quantitative estimate of drug-likeness (QED) is 0.474. The van der Waals surface area contributed by atoms with Gasteiger partial charge in [-0.1, -0.05) is 30.3 Å². The lowest BCUT2D eigenvalue weighted by atomic mass is 10.2. The molecule has 0 aliphatic rings. The number of hydrogen-bond acceptors (Lipinski definition) is 4. The highest BCUT2D eigenvalue weighted by Crippen LogP contribution is 2.57. The van der Waals surface area contributed by atoms with E-state index in [2.05, 4.69) is 9.56 Å². The smallest absolute Gasteiger partial charge is 0.361 e. The molecule has 90 valence electrons. The highest BCUT2D eigenvalue weighted by atomic mass is 31.2. The predicted octanol–water partition coefficient (Wildman–Crippen LogP) is 2.49. The van der Waals surface area contributed by atoms with E-state index in [1.165, 1.54) is 7.11 Å². The fourth-order valence-electron chi connectivity index (χ4n) is 1.30. The lowest BCUT2D eigenvalue weighted by Gasteiger charge is -2.21. The Morgan fingerprint density at radius 1 is 1.38 bits per heavy atom. The van der Waals surface area contributed by atoms with Gasteiger partial charge in [0.1, 0.15) is 0 Å². The van der Waals surface area contributed by atoms with E-state index in [4.69, 9.17) is 4.74 Å². The lowest BCUT2D eigenvalue weighted by molar-refractivity contribution is -0.190. The average Bonchev–Trinajstić information content (AvgIpc) is 2.27. The molecule has 0 aliphatic heterocycles. The second-order valence-corrected chi connectivity index (χ2v) is 4.77. The van der Waals surface area contributed by atoms with Crippen LogP contribution in [0.3, 0.4) is 0 Å². The van der Waals surface area contributed by atoms with Crippen molar-refractivity contribution in [2.75, 3.05) is 13.7 Å². The maximum atomic E-state index is 11.8. The monoisotopic (exact) mass is 246 g/mol. The van der Waals surface area contributed by atoms with Gasteiger partial charge in [0.25, 0.3) is 0 Å². The molecule has 0 fully saturated rings. The largest absolute Gasteiger partial charge is 0.387 e. The average molecular weight is 246 g/mol. The number of rotatable bonds is 6. The molecule has 1 aromatic rings. The lowest BCUT2D eigenvalue weighted by Crippen LogP contribution is -2.07. The minimum Gasteiger partial charge on any atom is -0.361 e. The summed E-state index contributed by atoms with van der Waals surface area (Å²) in [5.41, 5.74) is 0.576. The molecule has 0 aliphatic carbocycles. The van der Waals surface area contributed by atoms with Crippen LogP contribution in [0.5, 0.6) is 0 Å². The second-order valence-electron chi connectivity index (χ2n) is 3.02. The van der Waals surface area contributed by atoms with Crippen LogP contribution >= 0.6 is 7.60 Å². The van der Waals surface area contributed by atoms with Crippen molar-refractivity contribution in [1.29, 1.82) is 0 Å². The van der Waals surface area contributed by atoms with Gasteiger partial charge in [-0.3, -0.25) is 4.57 Å². The maximum absolute atomic E-state index is 11.8. The van der Waals surface area contributed by atoms with E-state index < -0.39 is 13.4 Å². The Kier molecular flexibility index (Phi) is 5.12. The maximum Gasteiger partial charge on any atom is 0.387 e. The third kappa shape index (κ3) is 3.40. The fourth-order valence-corrected chi connectivity index (χ4v) is 2.48. The Balaban J connectivity index is 2.95. The Morgan fingerprint density at radius 3 is 2.50 bits per heavy atom. The summed E-state index contributed by atoms with van der Waals surface area (Å²) in [6, 6.07) is 8.72. The van der Waals surface area contributed by atoms with Crippen molar-refractivity contribution < 1.29 is 23.8 Å². The van der Waals surface area contributed by atoms with Crippen LogP contribution in [-0.2, 0) is 18.9 Å². The van der Waals surface area contributed by atoms with Crippen molar-refractivity contribution in [3.8, 4) is 0 Å². The van der Waals surface area contributed by atoms with Crippen molar-refractivity contribution in [1.82, 2.24) is 0 Å². The topological polar surface area (TPSA) is 65.0 Å². The normalized spacial score (nSPS) is 16.7. The molecule has 1 N–H and O–H groups in total. The van der Waals surface area contributed by atoms with Gasteiger partial charge in [0.15, 0.2) is 5.85 Å². The molecule has 2 atom stereocenters. The molecule has 0 amide bonds. The summed E-state index contributed by atoms with van der Waals surface area (Å²) < 4.78 is 21.4. The first-order valence-corrected chi connectivity index (χ1v) is 6.48. The minimum atomic E-state index is -3.99. The molecule has 6 heteroatoms. The van der Waals surface area contributed by atoms with Crippen LogP contribution in [0.25, 0.3) is 0 Å². The van der Waals surface area contributed by atoms with Crippen LogP contribution in [0.4, 0.5) is 0 Å². The number of ether oxygens (including phenoxy) is 1. The molecule has 2 unspecified atom stereocenters. The first kappa shape index (κ1) is 13.4. The summed E-state index contributed by atoms with van der Waals surface area (Å²) in [6.07, 6.45) is 0. The van der Waals surface area contributed by atoms with Gasteiger partial charge in [-0.2, -0.15) is 0 Å². The molecule has 0 aromatic heterocycles. The number of benzene rings is 1. The Bertz CT molecular complexity index is 353. The molecule has 0 heterocycles. The summed E-state index contributed by atoms with van der Waals surface area (Å²) in [4.78, 5) is 13.9. The van der Waals surface area contributed by atoms with Crippen LogP contribution < -0.4 is 0 Å².